The first kappa shape index (κ1) is 15.4. The van der Waals surface area contributed by atoms with Gasteiger partial charge in [0.2, 0.25) is 0 Å². The molecule has 0 aromatic heterocycles. The van der Waals surface area contributed by atoms with Crippen LogP contribution in [0.15, 0.2) is 18.2 Å². The Hall–Kier alpha value is -2.64. The summed E-state index contributed by atoms with van der Waals surface area (Å²) in [5.74, 6) is -1.09. The van der Waals surface area contributed by atoms with Gasteiger partial charge in [0.15, 0.2) is 0 Å². The van der Waals surface area contributed by atoms with Gasteiger partial charge in [-0.3, -0.25) is 19.7 Å². The number of nitrogens with one attached hydrogen (secondary N) is 1. The summed E-state index contributed by atoms with van der Waals surface area (Å²) in [5.41, 5.74) is -0.0915. The molecule has 0 atom stereocenters. The Labute approximate surface area is 114 Å². The highest BCUT2D eigenvalue weighted by molar-refractivity contribution is 5.98. The molecular weight excluding hydrogens is 268 g/mol. The van der Waals surface area contributed by atoms with Crippen molar-refractivity contribution >= 4 is 17.6 Å². The minimum Gasteiger partial charge on any atom is -0.496 e. The van der Waals surface area contributed by atoms with Crippen LogP contribution < -0.4 is 10.1 Å². The molecule has 0 aliphatic rings. The molecule has 20 heavy (non-hydrogen) atoms. The number of esters is 1. The third kappa shape index (κ3) is 3.94. The van der Waals surface area contributed by atoms with Crippen LogP contribution in [-0.2, 0) is 9.53 Å². The van der Waals surface area contributed by atoms with Gasteiger partial charge in [0.1, 0.15) is 12.3 Å². The van der Waals surface area contributed by atoms with Crippen LogP contribution >= 0.6 is 0 Å². The molecule has 0 unspecified atom stereocenters. The normalized spacial score (nSPS) is 9.70. The third-order valence-corrected chi connectivity index (χ3v) is 2.34. The van der Waals surface area contributed by atoms with Crippen LogP contribution in [0.1, 0.15) is 17.3 Å². The molecule has 0 heterocycles. The van der Waals surface area contributed by atoms with E-state index in [9.17, 15) is 19.7 Å². The van der Waals surface area contributed by atoms with Gasteiger partial charge in [-0.1, -0.05) is 0 Å². The minimum absolute atomic E-state index is 0.0561. The van der Waals surface area contributed by atoms with Crippen LogP contribution in [0, 0.1) is 10.1 Å². The number of hydrogen-bond donors (Lipinski definition) is 1. The Morgan fingerprint density at radius 1 is 1.40 bits per heavy atom. The van der Waals surface area contributed by atoms with Crippen molar-refractivity contribution in [3.63, 3.8) is 0 Å². The van der Waals surface area contributed by atoms with E-state index in [2.05, 4.69) is 10.1 Å². The van der Waals surface area contributed by atoms with Gasteiger partial charge in [-0.05, 0) is 13.0 Å². The van der Waals surface area contributed by atoms with E-state index in [1.807, 2.05) is 0 Å². The second-order valence-corrected chi connectivity index (χ2v) is 3.63. The lowest BCUT2D eigenvalue weighted by Gasteiger charge is -2.08. The molecule has 0 spiro atoms. The largest absolute Gasteiger partial charge is 0.496 e. The minimum atomic E-state index is -0.594. The maximum atomic E-state index is 11.8. The quantitative estimate of drug-likeness (QED) is 0.471. The van der Waals surface area contributed by atoms with Gasteiger partial charge in [-0.25, -0.2) is 0 Å². The number of methoxy groups -OCH3 is 1. The molecule has 0 aliphatic carbocycles. The SMILES string of the molecule is CCOC(=O)CNC(=O)c1ccc([N+](=O)[O-])cc1OC. The van der Waals surface area contributed by atoms with Crippen molar-refractivity contribution < 1.29 is 24.0 Å². The van der Waals surface area contributed by atoms with E-state index in [4.69, 9.17) is 4.74 Å². The van der Waals surface area contributed by atoms with Crippen LogP contribution in [-0.4, -0.2) is 37.1 Å². The zero-order valence-corrected chi connectivity index (χ0v) is 11.0. The Morgan fingerprint density at radius 2 is 2.10 bits per heavy atom. The standard InChI is InChI=1S/C12H14N2O6/c1-3-20-11(15)7-13-12(16)9-5-4-8(14(17)18)6-10(9)19-2/h4-6H,3,7H2,1-2H3,(H,13,16). The van der Waals surface area contributed by atoms with Gasteiger partial charge < -0.3 is 14.8 Å². The number of carbonyl (C=O) groups excluding carboxylic acids is 2. The van der Waals surface area contributed by atoms with Crippen molar-refractivity contribution in [2.24, 2.45) is 0 Å². The maximum Gasteiger partial charge on any atom is 0.325 e. The molecule has 8 heteroatoms. The van der Waals surface area contributed by atoms with E-state index in [1.165, 1.54) is 19.2 Å². The highest BCUT2D eigenvalue weighted by Crippen LogP contribution is 2.24. The van der Waals surface area contributed by atoms with Crippen molar-refractivity contribution in [3.05, 3.63) is 33.9 Å². The zero-order valence-electron chi connectivity index (χ0n) is 11.0. The molecule has 1 amide bonds. The summed E-state index contributed by atoms with van der Waals surface area (Å²) in [4.78, 5) is 33.0. The summed E-state index contributed by atoms with van der Waals surface area (Å²) in [6.45, 7) is 1.58. The lowest BCUT2D eigenvalue weighted by Crippen LogP contribution is -2.30. The Morgan fingerprint density at radius 3 is 2.65 bits per heavy atom. The van der Waals surface area contributed by atoms with E-state index >= 15 is 0 Å². The van der Waals surface area contributed by atoms with Gasteiger partial charge in [0.05, 0.1) is 30.3 Å². The summed E-state index contributed by atoms with van der Waals surface area (Å²) in [5, 5.41) is 13.0. The lowest BCUT2D eigenvalue weighted by molar-refractivity contribution is -0.384. The van der Waals surface area contributed by atoms with Crippen molar-refractivity contribution in [1.29, 1.82) is 0 Å². The van der Waals surface area contributed by atoms with E-state index in [0.29, 0.717) is 0 Å². The molecule has 0 saturated heterocycles. The first-order valence-electron chi connectivity index (χ1n) is 5.75. The van der Waals surface area contributed by atoms with E-state index in [-0.39, 0.29) is 30.2 Å². The summed E-state index contributed by atoms with van der Waals surface area (Å²) in [7, 11) is 1.29. The van der Waals surface area contributed by atoms with Crippen molar-refractivity contribution in [3.8, 4) is 5.75 Å². The second-order valence-electron chi connectivity index (χ2n) is 3.63. The van der Waals surface area contributed by atoms with E-state index in [0.717, 1.165) is 6.07 Å². The van der Waals surface area contributed by atoms with Crippen LogP contribution in [0.3, 0.4) is 0 Å². The van der Waals surface area contributed by atoms with Crippen molar-refractivity contribution in [2.75, 3.05) is 20.3 Å². The molecular formula is C12H14N2O6. The number of non-ortho nitro benzene ring substituents is 1. The summed E-state index contributed by atoms with van der Waals surface area (Å²) >= 11 is 0. The molecule has 0 aliphatic heterocycles. The second kappa shape index (κ2) is 7.07. The molecule has 108 valence electrons. The average molecular weight is 282 g/mol. The van der Waals surface area contributed by atoms with Gasteiger partial charge in [-0.15, -0.1) is 0 Å². The first-order valence-corrected chi connectivity index (χ1v) is 5.75. The molecule has 1 aromatic carbocycles. The number of nitrogens with zero attached hydrogens (tertiary/aromatic N) is 1. The number of benzene rings is 1. The van der Waals surface area contributed by atoms with Gasteiger partial charge in [-0.2, -0.15) is 0 Å². The first-order chi connectivity index (χ1) is 9.49. The number of carbonyl (C=O) groups is 2. The predicted molar refractivity (Wildman–Crippen MR) is 68.6 cm³/mol. The monoisotopic (exact) mass is 282 g/mol. The molecule has 1 rings (SSSR count). The summed E-state index contributed by atoms with van der Waals surface area (Å²) in [6.07, 6.45) is 0. The lowest BCUT2D eigenvalue weighted by atomic mass is 10.1. The predicted octanol–water partition coefficient (Wildman–Crippen LogP) is 0.896. The number of rotatable bonds is 6. The summed E-state index contributed by atoms with van der Waals surface area (Å²) < 4.78 is 9.59. The maximum absolute atomic E-state index is 11.8. The van der Waals surface area contributed by atoms with E-state index < -0.39 is 16.8 Å². The fourth-order valence-corrected chi connectivity index (χ4v) is 1.44. The highest BCUT2D eigenvalue weighted by Gasteiger charge is 2.17. The van der Waals surface area contributed by atoms with E-state index in [1.54, 1.807) is 6.92 Å². The number of amides is 1. The number of ether oxygens (including phenoxy) is 2. The highest BCUT2D eigenvalue weighted by atomic mass is 16.6. The summed E-state index contributed by atoms with van der Waals surface area (Å²) in [6, 6.07) is 3.58. The fraction of sp³-hybridized carbons (Fsp3) is 0.333. The van der Waals surface area contributed by atoms with Crippen LogP contribution in [0.2, 0.25) is 0 Å². The van der Waals surface area contributed by atoms with Gasteiger partial charge >= 0.3 is 5.97 Å². The molecule has 1 aromatic rings. The Kier molecular flexibility index (Phi) is 5.45. The van der Waals surface area contributed by atoms with Gasteiger partial charge in [0.25, 0.3) is 11.6 Å². The third-order valence-electron chi connectivity index (χ3n) is 2.34. The number of nitro groups is 1. The zero-order chi connectivity index (χ0) is 15.1. The van der Waals surface area contributed by atoms with Crippen molar-refractivity contribution in [1.82, 2.24) is 5.32 Å². The van der Waals surface area contributed by atoms with Crippen LogP contribution in [0.25, 0.3) is 0 Å². The fourth-order valence-electron chi connectivity index (χ4n) is 1.44. The topological polar surface area (TPSA) is 108 Å². The van der Waals surface area contributed by atoms with Crippen LogP contribution in [0.4, 0.5) is 5.69 Å². The molecule has 0 radical (unpaired) electrons. The molecule has 0 fully saturated rings. The Bertz CT molecular complexity index is 529. The Balaban J connectivity index is 2.82. The van der Waals surface area contributed by atoms with Crippen LogP contribution in [0.5, 0.6) is 5.75 Å². The number of nitro benzene ring substituents is 1. The molecule has 8 nitrogen and oxygen atoms in total. The molecule has 1 N–H and O–H groups in total. The number of hydrogen-bond acceptors (Lipinski definition) is 6. The van der Waals surface area contributed by atoms with Crippen molar-refractivity contribution in [2.45, 2.75) is 6.92 Å². The smallest absolute Gasteiger partial charge is 0.325 e. The molecule has 0 bridgehead atoms. The molecule has 0 saturated carbocycles. The van der Waals surface area contributed by atoms with Gasteiger partial charge in [0, 0.05) is 6.07 Å². The average Bonchev–Trinajstić information content (AvgIpc) is 2.44.